The Bertz CT molecular complexity index is 1620. The molecule has 4 aromatic carbocycles. The second-order valence-electron chi connectivity index (χ2n) is 10.4. The first-order valence-corrected chi connectivity index (χ1v) is 14.0. The number of amides is 4. The van der Waals surface area contributed by atoms with E-state index in [1.807, 2.05) is 68.4 Å². The van der Waals surface area contributed by atoms with Crippen molar-refractivity contribution in [2.45, 2.75) is 45.6 Å². The minimum absolute atomic E-state index is 0.0253. The van der Waals surface area contributed by atoms with Gasteiger partial charge in [-0.2, -0.15) is 0 Å². The summed E-state index contributed by atoms with van der Waals surface area (Å²) in [5.74, 6) is -1.04. The third kappa shape index (κ3) is 6.04. The molecule has 0 bridgehead atoms. The number of nitrogens with zero attached hydrogens (tertiary/aromatic N) is 1. The van der Waals surface area contributed by atoms with Gasteiger partial charge in [0.2, 0.25) is 5.91 Å². The van der Waals surface area contributed by atoms with E-state index in [4.69, 9.17) is 0 Å². The molecule has 2 N–H and O–H groups in total. The average Bonchev–Trinajstić information content (AvgIpc) is 3.23. The number of fused-ring (bicyclic) bond motifs is 2. The number of hydrogen-bond acceptors (Lipinski definition) is 4. The quantitative estimate of drug-likeness (QED) is 0.246. The van der Waals surface area contributed by atoms with E-state index in [-0.39, 0.29) is 35.2 Å². The van der Waals surface area contributed by atoms with Crippen LogP contribution in [-0.4, -0.2) is 41.1 Å². The fourth-order valence-electron chi connectivity index (χ4n) is 5.33. The summed E-state index contributed by atoms with van der Waals surface area (Å²) < 4.78 is 0. The molecule has 1 unspecified atom stereocenters. The summed E-state index contributed by atoms with van der Waals surface area (Å²) in [4.78, 5) is 52.4. The highest BCUT2D eigenvalue weighted by atomic mass is 16.2. The molecule has 5 rings (SSSR count). The Kier molecular flexibility index (Phi) is 8.24. The predicted octanol–water partition coefficient (Wildman–Crippen LogP) is 5.78. The van der Waals surface area contributed by atoms with Gasteiger partial charge < -0.3 is 10.6 Å². The zero-order valence-corrected chi connectivity index (χ0v) is 23.3. The second kappa shape index (κ2) is 12.2. The van der Waals surface area contributed by atoms with Crippen LogP contribution in [0.5, 0.6) is 0 Å². The maximum Gasteiger partial charge on any atom is 0.261 e. The van der Waals surface area contributed by atoms with Crippen LogP contribution in [0.2, 0.25) is 0 Å². The summed E-state index contributed by atoms with van der Waals surface area (Å²) in [5.41, 5.74) is 3.55. The van der Waals surface area contributed by atoms with Crippen molar-refractivity contribution in [1.82, 2.24) is 10.2 Å². The molecular weight excluding hydrogens is 514 g/mol. The van der Waals surface area contributed by atoms with Crippen molar-refractivity contribution < 1.29 is 19.2 Å². The monoisotopic (exact) mass is 547 g/mol. The third-order valence-electron chi connectivity index (χ3n) is 7.51. The Labute approximate surface area is 239 Å². The highest BCUT2D eigenvalue weighted by Gasteiger charge is 2.38. The van der Waals surface area contributed by atoms with Crippen LogP contribution in [0.3, 0.4) is 0 Å². The maximum atomic E-state index is 12.9. The molecule has 0 aromatic heterocycles. The van der Waals surface area contributed by atoms with E-state index < -0.39 is 0 Å². The van der Waals surface area contributed by atoms with Crippen LogP contribution in [0.25, 0.3) is 10.8 Å². The number of anilines is 1. The molecule has 1 aliphatic rings. The van der Waals surface area contributed by atoms with Crippen molar-refractivity contribution in [2.24, 2.45) is 0 Å². The molecular formula is C34H33N3O4. The van der Waals surface area contributed by atoms with E-state index in [9.17, 15) is 19.2 Å². The summed E-state index contributed by atoms with van der Waals surface area (Å²) in [7, 11) is 0. The lowest BCUT2D eigenvalue weighted by Gasteiger charge is -2.21. The van der Waals surface area contributed by atoms with Crippen molar-refractivity contribution >= 4 is 40.1 Å². The van der Waals surface area contributed by atoms with Crippen molar-refractivity contribution in [1.29, 1.82) is 0 Å². The smallest absolute Gasteiger partial charge is 0.261 e. The van der Waals surface area contributed by atoms with Crippen molar-refractivity contribution in [3.8, 4) is 0 Å². The van der Waals surface area contributed by atoms with E-state index in [1.54, 1.807) is 24.3 Å². The molecule has 208 valence electrons. The van der Waals surface area contributed by atoms with Crippen LogP contribution in [-0.2, 0) is 17.6 Å². The highest BCUT2D eigenvalue weighted by Crippen LogP contribution is 2.27. The first-order valence-electron chi connectivity index (χ1n) is 14.0. The fourth-order valence-corrected chi connectivity index (χ4v) is 5.33. The Morgan fingerprint density at radius 1 is 0.854 bits per heavy atom. The first kappa shape index (κ1) is 27.8. The normalized spacial score (nSPS) is 13.3. The SMILES string of the molecule is CCCC(C)N1C(=O)c2ccc(C(=O)Nc3ccc(CCNC(=O)Cc4cccc5ccccc45)cc3)cc2C1=O. The minimum Gasteiger partial charge on any atom is -0.355 e. The van der Waals surface area contributed by atoms with E-state index in [0.717, 1.165) is 34.7 Å². The van der Waals surface area contributed by atoms with Gasteiger partial charge in [-0.15, -0.1) is 0 Å². The third-order valence-corrected chi connectivity index (χ3v) is 7.51. The molecule has 0 saturated carbocycles. The van der Waals surface area contributed by atoms with Gasteiger partial charge in [0.05, 0.1) is 17.5 Å². The number of hydrogen-bond donors (Lipinski definition) is 2. The fraction of sp³-hybridized carbons (Fsp3) is 0.235. The van der Waals surface area contributed by atoms with Gasteiger partial charge in [-0.1, -0.05) is 67.9 Å². The van der Waals surface area contributed by atoms with Crippen molar-refractivity contribution in [2.75, 3.05) is 11.9 Å². The Morgan fingerprint density at radius 2 is 1.59 bits per heavy atom. The number of carbonyl (C=O) groups is 4. The molecule has 7 nitrogen and oxygen atoms in total. The number of rotatable bonds is 10. The van der Waals surface area contributed by atoms with Gasteiger partial charge in [0.25, 0.3) is 17.7 Å². The molecule has 0 radical (unpaired) electrons. The number of benzene rings is 4. The highest BCUT2D eigenvalue weighted by molar-refractivity contribution is 6.22. The summed E-state index contributed by atoms with van der Waals surface area (Å²) in [6.45, 7) is 4.38. The van der Waals surface area contributed by atoms with Crippen LogP contribution in [0.4, 0.5) is 5.69 Å². The molecule has 0 saturated heterocycles. The second-order valence-corrected chi connectivity index (χ2v) is 10.4. The van der Waals surface area contributed by atoms with Crippen LogP contribution < -0.4 is 10.6 Å². The lowest BCUT2D eigenvalue weighted by molar-refractivity contribution is -0.120. The molecule has 0 spiro atoms. The zero-order chi connectivity index (χ0) is 28.9. The predicted molar refractivity (Wildman–Crippen MR) is 160 cm³/mol. The van der Waals surface area contributed by atoms with Crippen molar-refractivity contribution in [3.63, 3.8) is 0 Å². The molecule has 41 heavy (non-hydrogen) atoms. The molecule has 7 heteroatoms. The number of carbonyl (C=O) groups excluding carboxylic acids is 4. The molecule has 0 aliphatic carbocycles. The first-order chi connectivity index (χ1) is 19.9. The largest absolute Gasteiger partial charge is 0.355 e. The van der Waals surface area contributed by atoms with Gasteiger partial charge in [0.15, 0.2) is 0 Å². The van der Waals surface area contributed by atoms with E-state index >= 15 is 0 Å². The van der Waals surface area contributed by atoms with Crippen LogP contribution in [0, 0.1) is 0 Å². The van der Waals surface area contributed by atoms with Crippen LogP contribution in [0.1, 0.15) is 68.9 Å². The van der Waals surface area contributed by atoms with Gasteiger partial charge in [0.1, 0.15) is 0 Å². The van der Waals surface area contributed by atoms with Gasteiger partial charge in [-0.25, -0.2) is 0 Å². The Morgan fingerprint density at radius 3 is 2.37 bits per heavy atom. The van der Waals surface area contributed by atoms with Crippen molar-refractivity contribution in [3.05, 3.63) is 113 Å². The standard InChI is InChI=1S/C34H33N3O4/c1-3-7-22(2)37-33(40)29-17-14-26(20-30(29)34(37)41)32(39)36-27-15-12-23(13-16-27)18-19-35-31(38)21-25-10-6-9-24-8-4-5-11-28(24)25/h4-6,8-17,20,22H,3,7,18-19,21H2,1-2H3,(H,35,38)(H,36,39). The topological polar surface area (TPSA) is 95.6 Å². The Balaban J connectivity index is 1.14. The Hall–Kier alpha value is -4.78. The summed E-state index contributed by atoms with van der Waals surface area (Å²) in [6.07, 6.45) is 2.57. The van der Waals surface area contributed by atoms with E-state index in [0.29, 0.717) is 36.2 Å². The lowest BCUT2D eigenvalue weighted by Crippen LogP contribution is -2.37. The summed E-state index contributed by atoms with van der Waals surface area (Å²) in [5, 5.41) is 8.06. The maximum absolute atomic E-state index is 12.9. The zero-order valence-electron chi connectivity index (χ0n) is 23.3. The van der Waals surface area contributed by atoms with Gasteiger partial charge in [-0.3, -0.25) is 24.1 Å². The van der Waals surface area contributed by atoms with Gasteiger partial charge in [-0.05, 0) is 72.0 Å². The molecule has 1 atom stereocenters. The molecule has 0 fully saturated rings. The van der Waals surface area contributed by atoms with Crippen LogP contribution in [0.15, 0.2) is 84.9 Å². The lowest BCUT2D eigenvalue weighted by atomic mass is 10.0. The molecule has 1 aliphatic heterocycles. The molecule has 4 aromatic rings. The van der Waals surface area contributed by atoms with Gasteiger partial charge >= 0.3 is 0 Å². The molecule has 4 amide bonds. The summed E-state index contributed by atoms with van der Waals surface area (Å²) in [6, 6.07) is 25.9. The average molecular weight is 548 g/mol. The van der Waals surface area contributed by atoms with Gasteiger partial charge in [0, 0.05) is 23.8 Å². The van der Waals surface area contributed by atoms with Crippen LogP contribution >= 0.6 is 0 Å². The number of imide groups is 1. The number of nitrogens with one attached hydrogen (secondary N) is 2. The minimum atomic E-state index is -0.360. The summed E-state index contributed by atoms with van der Waals surface area (Å²) >= 11 is 0. The van der Waals surface area contributed by atoms with E-state index in [1.165, 1.54) is 11.0 Å². The molecule has 1 heterocycles. The van der Waals surface area contributed by atoms with E-state index in [2.05, 4.69) is 10.6 Å².